The number of aryl methyl sites for hydroxylation is 1. The minimum Gasteiger partial charge on any atom is -0.388 e. The molecule has 0 amide bonds. The lowest BCUT2D eigenvalue weighted by Gasteiger charge is -2.43. The van der Waals surface area contributed by atoms with Crippen molar-refractivity contribution in [1.29, 1.82) is 5.26 Å². The number of β-amino-alcohol motifs (C(OH)–C–C–N with tert-alkyl or cyclic N) is 1. The zero-order valence-corrected chi connectivity index (χ0v) is 12.7. The molecule has 4 heteroatoms. The van der Waals surface area contributed by atoms with Gasteiger partial charge in [-0.25, -0.2) is 0 Å². The van der Waals surface area contributed by atoms with Gasteiger partial charge in [0.05, 0.1) is 17.6 Å². The number of nitriles is 1. The average molecular weight is 295 g/mol. The Kier molecular flexibility index (Phi) is 3.21. The monoisotopic (exact) mass is 295 g/mol. The van der Waals surface area contributed by atoms with Crippen LogP contribution >= 0.6 is 0 Å². The van der Waals surface area contributed by atoms with Crippen LogP contribution in [-0.2, 0) is 13.1 Å². The molecule has 22 heavy (non-hydrogen) atoms. The second-order valence-electron chi connectivity index (χ2n) is 6.87. The van der Waals surface area contributed by atoms with Crippen molar-refractivity contribution in [2.24, 2.45) is 5.92 Å². The minimum atomic E-state index is -0.651. The number of para-hydroxylation sites is 1. The third kappa shape index (κ3) is 2.31. The number of benzene rings is 1. The molecule has 1 aromatic carbocycles. The van der Waals surface area contributed by atoms with Gasteiger partial charge in [-0.2, -0.15) is 5.26 Å². The van der Waals surface area contributed by atoms with Crippen LogP contribution in [0.2, 0.25) is 0 Å². The summed E-state index contributed by atoms with van der Waals surface area (Å²) in [6.07, 6.45) is 2.36. The summed E-state index contributed by atoms with van der Waals surface area (Å²) < 4.78 is 2.41. The van der Waals surface area contributed by atoms with Crippen LogP contribution < -0.4 is 0 Å². The van der Waals surface area contributed by atoms with Crippen molar-refractivity contribution in [3.63, 3.8) is 0 Å². The van der Waals surface area contributed by atoms with E-state index < -0.39 is 5.60 Å². The number of hydrogen-bond acceptors (Lipinski definition) is 3. The summed E-state index contributed by atoms with van der Waals surface area (Å²) in [4.78, 5) is 2.35. The van der Waals surface area contributed by atoms with E-state index in [1.807, 2.05) is 0 Å². The summed E-state index contributed by atoms with van der Waals surface area (Å²) in [7, 11) is 0. The maximum atomic E-state index is 10.5. The van der Waals surface area contributed by atoms with Gasteiger partial charge in [-0.3, -0.25) is 4.90 Å². The van der Waals surface area contributed by atoms with E-state index in [0.717, 1.165) is 26.1 Å². The quantitative estimate of drug-likeness (QED) is 0.926. The van der Waals surface area contributed by atoms with Crippen LogP contribution in [0.25, 0.3) is 10.9 Å². The highest BCUT2D eigenvalue weighted by Crippen LogP contribution is 2.38. The van der Waals surface area contributed by atoms with Crippen molar-refractivity contribution in [3.8, 4) is 6.07 Å². The molecule has 1 aromatic heterocycles. The summed E-state index contributed by atoms with van der Waals surface area (Å²) in [5.74, 6) is 0.0448. The van der Waals surface area contributed by atoms with Crippen molar-refractivity contribution in [3.05, 3.63) is 36.0 Å². The highest BCUT2D eigenvalue weighted by Gasteiger charge is 2.44. The molecule has 2 heterocycles. The van der Waals surface area contributed by atoms with Gasteiger partial charge < -0.3 is 9.67 Å². The summed E-state index contributed by atoms with van der Waals surface area (Å²) in [6, 6.07) is 13.1. The second kappa shape index (κ2) is 5.12. The predicted octanol–water partition coefficient (Wildman–Crippen LogP) is 2.51. The Morgan fingerprint density at radius 1 is 1.27 bits per heavy atom. The Hall–Kier alpha value is -1.83. The number of aromatic nitrogens is 1. The highest BCUT2D eigenvalue weighted by molar-refractivity contribution is 5.81. The molecular weight excluding hydrogens is 274 g/mol. The molecular formula is C18H21N3O. The van der Waals surface area contributed by atoms with Gasteiger partial charge in [0.15, 0.2) is 0 Å². The minimum absolute atomic E-state index is 0.0448. The molecule has 2 aliphatic rings. The smallest absolute Gasteiger partial charge is 0.0799 e. The Bertz CT molecular complexity index is 736. The van der Waals surface area contributed by atoms with Crippen LogP contribution in [0.4, 0.5) is 0 Å². The highest BCUT2D eigenvalue weighted by atomic mass is 16.3. The molecule has 0 bridgehead atoms. The number of aliphatic hydroxyl groups is 1. The Morgan fingerprint density at radius 3 is 2.91 bits per heavy atom. The topological polar surface area (TPSA) is 52.2 Å². The normalized spacial score (nSPS) is 28.6. The Balaban J connectivity index is 1.54. The van der Waals surface area contributed by atoms with E-state index in [4.69, 9.17) is 5.26 Å². The lowest BCUT2D eigenvalue weighted by atomic mass is 9.71. The van der Waals surface area contributed by atoms with Crippen molar-refractivity contribution in [2.75, 3.05) is 13.1 Å². The first kappa shape index (κ1) is 13.8. The van der Waals surface area contributed by atoms with Gasteiger partial charge in [-0.1, -0.05) is 18.2 Å². The molecule has 1 saturated carbocycles. The van der Waals surface area contributed by atoms with Crippen molar-refractivity contribution < 1.29 is 5.11 Å². The zero-order chi connectivity index (χ0) is 15.2. The molecule has 1 fully saturated rings. The molecule has 114 valence electrons. The fourth-order valence-corrected chi connectivity index (χ4v) is 4.05. The third-order valence-electron chi connectivity index (χ3n) is 5.09. The molecule has 4 nitrogen and oxygen atoms in total. The molecule has 0 saturated heterocycles. The lowest BCUT2D eigenvalue weighted by Crippen LogP contribution is -2.51. The predicted molar refractivity (Wildman–Crippen MR) is 85.1 cm³/mol. The summed E-state index contributed by atoms with van der Waals surface area (Å²) >= 11 is 0. The maximum absolute atomic E-state index is 10.5. The van der Waals surface area contributed by atoms with Gasteiger partial charge in [0.25, 0.3) is 0 Å². The molecule has 0 unspecified atom stereocenters. The Labute approximate surface area is 130 Å². The number of fused-ring (bicyclic) bond motifs is 3. The van der Waals surface area contributed by atoms with E-state index in [1.165, 1.54) is 16.6 Å². The first-order valence-electron chi connectivity index (χ1n) is 8.08. The molecule has 1 N–H and O–H groups in total. The second-order valence-corrected chi connectivity index (χ2v) is 6.87. The first-order chi connectivity index (χ1) is 10.7. The third-order valence-corrected chi connectivity index (χ3v) is 5.09. The molecule has 4 rings (SSSR count). The molecule has 1 aliphatic carbocycles. The van der Waals surface area contributed by atoms with E-state index in [0.29, 0.717) is 19.4 Å². The van der Waals surface area contributed by atoms with Crippen molar-refractivity contribution >= 4 is 10.9 Å². The van der Waals surface area contributed by atoms with Crippen LogP contribution in [0.15, 0.2) is 30.3 Å². The summed E-state index contributed by atoms with van der Waals surface area (Å²) in [6.45, 7) is 3.62. The standard InChI is InChI=1S/C18H21N3O/c19-11-14-9-18(22,10-14)13-20-6-3-7-21-16(12-20)8-15-4-1-2-5-17(15)21/h1-2,4-5,8,14,22H,3,6-7,9-10,12-13H2. The van der Waals surface area contributed by atoms with Gasteiger partial charge in [-0.05, 0) is 36.8 Å². The van der Waals surface area contributed by atoms with Crippen LogP contribution in [0.1, 0.15) is 25.0 Å². The van der Waals surface area contributed by atoms with Crippen LogP contribution in [0.5, 0.6) is 0 Å². The first-order valence-corrected chi connectivity index (χ1v) is 8.08. The van der Waals surface area contributed by atoms with Crippen LogP contribution in [-0.4, -0.2) is 33.3 Å². The van der Waals surface area contributed by atoms with E-state index in [-0.39, 0.29) is 5.92 Å². The van der Waals surface area contributed by atoms with Crippen molar-refractivity contribution in [2.45, 2.75) is 38.0 Å². The van der Waals surface area contributed by atoms with Gasteiger partial charge in [0, 0.05) is 37.4 Å². The fourth-order valence-electron chi connectivity index (χ4n) is 4.05. The number of hydrogen-bond donors (Lipinski definition) is 1. The maximum Gasteiger partial charge on any atom is 0.0799 e. The van der Waals surface area contributed by atoms with E-state index in [1.54, 1.807) is 0 Å². The molecule has 2 aromatic rings. The van der Waals surface area contributed by atoms with Gasteiger partial charge in [0.1, 0.15) is 0 Å². The summed E-state index contributed by atoms with van der Waals surface area (Å²) in [5, 5.41) is 20.7. The van der Waals surface area contributed by atoms with Gasteiger partial charge >= 0.3 is 0 Å². The Morgan fingerprint density at radius 2 is 2.09 bits per heavy atom. The van der Waals surface area contributed by atoms with E-state index in [9.17, 15) is 5.11 Å². The van der Waals surface area contributed by atoms with E-state index in [2.05, 4.69) is 45.9 Å². The molecule has 1 aliphatic heterocycles. The van der Waals surface area contributed by atoms with Crippen LogP contribution in [0.3, 0.4) is 0 Å². The fraction of sp³-hybridized carbons (Fsp3) is 0.500. The molecule has 0 radical (unpaired) electrons. The average Bonchev–Trinajstić information content (AvgIpc) is 2.70. The zero-order valence-electron chi connectivity index (χ0n) is 12.7. The summed E-state index contributed by atoms with van der Waals surface area (Å²) in [5.41, 5.74) is 1.99. The molecule has 0 atom stereocenters. The number of rotatable bonds is 2. The van der Waals surface area contributed by atoms with Crippen LogP contribution in [0, 0.1) is 17.2 Å². The van der Waals surface area contributed by atoms with Crippen molar-refractivity contribution in [1.82, 2.24) is 9.47 Å². The van der Waals surface area contributed by atoms with Gasteiger partial charge in [0.2, 0.25) is 0 Å². The number of nitrogens with zero attached hydrogens (tertiary/aromatic N) is 3. The van der Waals surface area contributed by atoms with E-state index >= 15 is 0 Å². The molecule has 0 spiro atoms. The lowest BCUT2D eigenvalue weighted by molar-refractivity contribution is -0.0801. The van der Waals surface area contributed by atoms with Gasteiger partial charge in [-0.15, -0.1) is 0 Å². The largest absolute Gasteiger partial charge is 0.388 e. The SMILES string of the molecule is N#CC1CC(O)(CN2CCCn3c(cc4ccccc43)C2)C1.